The van der Waals surface area contributed by atoms with Gasteiger partial charge in [0, 0.05) is 5.54 Å². The Balaban J connectivity index is 2.38. The molecule has 0 aromatic heterocycles. The second-order valence-corrected chi connectivity index (χ2v) is 5.12. The minimum Gasteiger partial charge on any atom is -0.312 e. The summed E-state index contributed by atoms with van der Waals surface area (Å²) in [4.78, 5) is 0. The molecule has 0 aromatic carbocycles. The van der Waals surface area contributed by atoms with E-state index < -0.39 is 0 Å². The van der Waals surface area contributed by atoms with Gasteiger partial charge in [-0.2, -0.15) is 0 Å². The van der Waals surface area contributed by atoms with Crippen molar-refractivity contribution in [2.24, 2.45) is 5.92 Å². The van der Waals surface area contributed by atoms with Crippen molar-refractivity contribution in [1.82, 2.24) is 5.32 Å². The van der Waals surface area contributed by atoms with Crippen molar-refractivity contribution < 1.29 is 0 Å². The monoisotopic (exact) mass is 183 g/mol. The fraction of sp³-hybridized carbons (Fsp3) is 1.00. The highest BCUT2D eigenvalue weighted by molar-refractivity contribution is 4.79. The maximum absolute atomic E-state index is 3.65. The molecular formula is C12H25N. The van der Waals surface area contributed by atoms with Crippen LogP contribution in [0.3, 0.4) is 0 Å². The van der Waals surface area contributed by atoms with E-state index in [-0.39, 0.29) is 0 Å². The van der Waals surface area contributed by atoms with Crippen molar-refractivity contribution in [1.29, 1.82) is 0 Å². The van der Waals surface area contributed by atoms with Gasteiger partial charge in [-0.25, -0.2) is 0 Å². The third-order valence-electron chi connectivity index (χ3n) is 3.38. The minimum absolute atomic E-state index is 0.378. The molecule has 0 spiro atoms. The van der Waals surface area contributed by atoms with Crippen LogP contribution < -0.4 is 5.32 Å². The van der Waals surface area contributed by atoms with E-state index in [4.69, 9.17) is 0 Å². The van der Waals surface area contributed by atoms with Crippen molar-refractivity contribution >= 4 is 0 Å². The van der Waals surface area contributed by atoms with Gasteiger partial charge in [-0.05, 0) is 45.6 Å². The largest absolute Gasteiger partial charge is 0.312 e. The molecule has 1 saturated heterocycles. The van der Waals surface area contributed by atoms with Crippen molar-refractivity contribution in [3.05, 3.63) is 0 Å². The molecule has 0 amide bonds. The second kappa shape index (κ2) is 4.99. The van der Waals surface area contributed by atoms with E-state index in [2.05, 4.69) is 26.1 Å². The zero-order valence-corrected chi connectivity index (χ0v) is 9.53. The summed E-state index contributed by atoms with van der Waals surface area (Å²) in [6.07, 6.45) is 8.35. The van der Waals surface area contributed by atoms with Crippen LogP contribution in [-0.4, -0.2) is 12.1 Å². The molecule has 13 heavy (non-hydrogen) atoms. The highest BCUT2D eigenvalue weighted by atomic mass is 14.9. The normalized spacial score (nSPS) is 30.2. The fourth-order valence-corrected chi connectivity index (χ4v) is 2.29. The molecule has 0 aliphatic carbocycles. The Morgan fingerprint density at radius 3 is 2.62 bits per heavy atom. The number of rotatable bonds is 1. The van der Waals surface area contributed by atoms with E-state index in [0.717, 1.165) is 5.92 Å². The Hall–Kier alpha value is -0.0400. The third-order valence-corrected chi connectivity index (χ3v) is 3.38. The zero-order valence-electron chi connectivity index (χ0n) is 9.53. The van der Waals surface area contributed by atoms with E-state index >= 15 is 0 Å². The van der Waals surface area contributed by atoms with Crippen molar-refractivity contribution in [3.63, 3.8) is 0 Å². The first-order valence-corrected chi connectivity index (χ1v) is 5.89. The molecule has 0 aromatic rings. The molecule has 1 nitrogen and oxygen atoms in total. The summed E-state index contributed by atoms with van der Waals surface area (Å²) < 4.78 is 0. The maximum Gasteiger partial charge on any atom is 0.0125 e. The molecule has 1 atom stereocenters. The Morgan fingerprint density at radius 2 is 1.92 bits per heavy atom. The number of hydrogen-bond acceptors (Lipinski definition) is 1. The van der Waals surface area contributed by atoms with Crippen LogP contribution in [-0.2, 0) is 0 Å². The highest BCUT2D eigenvalue weighted by Crippen LogP contribution is 2.23. The summed E-state index contributed by atoms with van der Waals surface area (Å²) in [5, 5.41) is 3.65. The van der Waals surface area contributed by atoms with E-state index in [9.17, 15) is 0 Å². The second-order valence-electron chi connectivity index (χ2n) is 5.12. The van der Waals surface area contributed by atoms with Crippen LogP contribution in [0.5, 0.6) is 0 Å². The predicted octanol–water partition coefficient (Wildman–Crippen LogP) is 3.34. The van der Waals surface area contributed by atoms with Gasteiger partial charge in [0.25, 0.3) is 0 Å². The van der Waals surface area contributed by atoms with Crippen LogP contribution >= 0.6 is 0 Å². The Morgan fingerprint density at radius 1 is 1.23 bits per heavy atom. The quantitative estimate of drug-likeness (QED) is 0.657. The molecule has 0 bridgehead atoms. The number of hydrogen-bond donors (Lipinski definition) is 1. The summed E-state index contributed by atoms with van der Waals surface area (Å²) in [5.74, 6) is 0.996. The van der Waals surface area contributed by atoms with Gasteiger partial charge >= 0.3 is 0 Å². The lowest BCUT2D eigenvalue weighted by atomic mass is 9.92. The van der Waals surface area contributed by atoms with Crippen LogP contribution in [0, 0.1) is 5.92 Å². The summed E-state index contributed by atoms with van der Waals surface area (Å²) >= 11 is 0. The highest BCUT2D eigenvalue weighted by Gasteiger charge is 2.19. The molecule has 1 rings (SSSR count). The van der Waals surface area contributed by atoms with E-state index in [1.165, 1.54) is 45.1 Å². The van der Waals surface area contributed by atoms with Crippen molar-refractivity contribution in [2.45, 2.75) is 64.8 Å². The van der Waals surface area contributed by atoms with Gasteiger partial charge in [0.15, 0.2) is 0 Å². The minimum atomic E-state index is 0.378. The molecule has 78 valence electrons. The van der Waals surface area contributed by atoms with Gasteiger partial charge in [-0.3, -0.25) is 0 Å². The molecule has 1 aliphatic heterocycles. The molecule has 1 heterocycles. The van der Waals surface area contributed by atoms with Crippen molar-refractivity contribution in [3.8, 4) is 0 Å². The summed E-state index contributed by atoms with van der Waals surface area (Å²) in [6.45, 7) is 8.21. The van der Waals surface area contributed by atoms with Crippen LogP contribution in [0.2, 0.25) is 0 Å². The third kappa shape index (κ3) is 4.12. The molecular weight excluding hydrogens is 158 g/mol. The smallest absolute Gasteiger partial charge is 0.0125 e. The van der Waals surface area contributed by atoms with Gasteiger partial charge in [-0.1, -0.05) is 26.2 Å². The SMILES string of the molecule is CCC1CCCNC(C)(C)CCC1. The van der Waals surface area contributed by atoms with Gasteiger partial charge in [-0.15, -0.1) is 0 Å². The molecule has 1 unspecified atom stereocenters. The van der Waals surface area contributed by atoms with E-state index in [0.29, 0.717) is 5.54 Å². The Bertz CT molecular complexity index is 140. The van der Waals surface area contributed by atoms with Gasteiger partial charge in [0.1, 0.15) is 0 Å². The topological polar surface area (TPSA) is 12.0 Å². The standard InChI is InChI=1S/C12H25N/c1-4-11-7-5-9-12(2,3)13-10-6-8-11/h11,13H,4-10H2,1-3H3. The van der Waals surface area contributed by atoms with E-state index in [1.807, 2.05) is 0 Å². The average molecular weight is 183 g/mol. The molecule has 1 fully saturated rings. The lowest BCUT2D eigenvalue weighted by molar-refractivity contribution is 0.354. The first-order chi connectivity index (χ1) is 6.14. The van der Waals surface area contributed by atoms with Crippen LogP contribution in [0.4, 0.5) is 0 Å². The average Bonchev–Trinajstić information content (AvgIpc) is 2.15. The first-order valence-electron chi connectivity index (χ1n) is 5.89. The lowest BCUT2D eigenvalue weighted by Gasteiger charge is -2.25. The fourth-order valence-electron chi connectivity index (χ4n) is 2.29. The summed E-state index contributed by atoms with van der Waals surface area (Å²) in [7, 11) is 0. The molecule has 1 aliphatic rings. The molecule has 1 N–H and O–H groups in total. The van der Waals surface area contributed by atoms with Crippen LogP contribution in [0.15, 0.2) is 0 Å². The maximum atomic E-state index is 3.65. The summed E-state index contributed by atoms with van der Waals surface area (Å²) in [6, 6.07) is 0. The van der Waals surface area contributed by atoms with Crippen LogP contribution in [0.25, 0.3) is 0 Å². The van der Waals surface area contributed by atoms with Crippen LogP contribution in [0.1, 0.15) is 59.3 Å². The number of nitrogens with one attached hydrogen (secondary N) is 1. The first kappa shape index (κ1) is 11.0. The lowest BCUT2D eigenvalue weighted by Crippen LogP contribution is -2.39. The summed E-state index contributed by atoms with van der Waals surface area (Å²) in [5.41, 5.74) is 0.378. The van der Waals surface area contributed by atoms with Gasteiger partial charge in [0.2, 0.25) is 0 Å². The molecule has 1 heteroatoms. The Kier molecular flexibility index (Phi) is 4.24. The molecule has 0 saturated carbocycles. The predicted molar refractivity (Wildman–Crippen MR) is 58.9 cm³/mol. The Labute approximate surface area is 83.3 Å². The van der Waals surface area contributed by atoms with E-state index in [1.54, 1.807) is 0 Å². The van der Waals surface area contributed by atoms with Crippen molar-refractivity contribution in [2.75, 3.05) is 6.54 Å². The van der Waals surface area contributed by atoms with Gasteiger partial charge < -0.3 is 5.32 Å². The molecule has 0 radical (unpaired) electrons. The zero-order chi connectivity index (χ0) is 9.73. The van der Waals surface area contributed by atoms with Gasteiger partial charge in [0.05, 0.1) is 0 Å².